The Bertz CT molecular complexity index is 1230. The molecule has 0 atom stereocenters. The molecule has 0 spiro atoms. The molecule has 6 nitrogen and oxygen atoms in total. The van der Waals surface area contributed by atoms with Crippen molar-refractivity contribution in [3.8, 4) is 11.8 Å². The van der Waals surface area contributed by atoms with Crippen LogP contribution in [0.3, 0.4) is 0 Å². The molecule has 3 aromatic rings. The Labute approximate surface area is 201 Å². The number of ether oxygens (including phenoxy) is 1. The van der Waals surface area contributed by atoms with Gasteiger partial charge in [-0.15, -0.1) is 0 Å². The van der Waals surface area contributed by atoms with Gasteiger partial charge in [0.2, 0.25) is 0 Å². The van der Waals surface area contributed by atoms with Crippen molar-refractivity contribution in [3.05, 3.63) is 93.5 Å². The molecule has 2 N–H and O–H groups in total. The van der Waals surface area contributed by atoms with Gasteiger partial charge in [-0.1, -0.05) is 47.0 Å². The fourth-order valence-corrected chi connectivity index (χ4v) is 3.12. The third-order valence-electron chi connectivity index (χ3n) is 4.43. The van der Waals surface area contributed by atoms with Gasteiger partial charge in [-0.2, -0.15) is 5.26 Å². The van der Waals surface area contributed by atoms with E-state index in [1.807, 2.05) is 25.1 Å². The third kappa shape index (κ3) is 7.11. The van der Waals surface area contributed by atoms with E-state index in [0.29, 0.717) is 27.7 Å². The van der Waals surface area contributed by atoms with Gasteiger partial charge < -0.3 is 15.4 Å². The van der Waals surface area contributed by atoms with Crippen LogP contribution in [0.4, 0.5) is 11.4 Å². The van der Waals surface area contributed by atoms with Crippen LogP contribution in [0.5, 0.6) is 5.75 Å². The number of amides is 2. The van der Waals surface area contributed by atoms with Crippen molar-refractivity contribution < 1.29 is 14.3 Å². The predicted molar refractivity (Wildman–Crippen MR) is 130 cm³/mol. The number of aryl methyl sites for hydroxylation is 1. The van der Waals surface area contributed by atoms with Gasteiger partial charge in [0.15, 0.2) is 6.61 Å². The first kappa shape index (κ1) is 23.9. The van der Waals surface area contributed by atoms with Crippen molar-refractivity contribution in [1.29, 1.82) is 5.26 Å². The molecule has 0 fully saturated rings. The highest BCUT2D eigenvalue weighted by molar-refractivity contribution is 6.32. The molecule has 0 heterocycles. The van der Waals surface area contributed by atoms with E-state index in [9.17, 15) is 14.9 Å². The summed E-state index contributed by atoms with van der Waals surface area (Å²) in [5.41, 5.74) is 2.69. The molecule has 3 rings (SSSR count). The average Bonchev–Trinajstić information content (AvgIpc) is 2.80. The first-order valence-corrected chi connectivity index (χ1v) is 10.6. The number of carbonyl (C=O) groups is 2. The second kappa shape index (κ2) is 11.2. The zero-order valence-corrected chi connectivity index (χ0v) is 19.1. The number of hydrogen-bond donors (Lipinski definition) is 2. The number of nitrogens with zero attached hydrogens (tertiary/aromatic N) is 1. The summed E-state index contributed by atoms with van der Waals surface area (Å²) in [7, 11) is 0. The number of rotatable bonds is 7. The number of anilines is 2. The first-order valence-electron chi connectivity index (χ1n) is 9.81. The predicted octanol–water partition coefficient (Wildman–Crippen LogP) is 5.87. The molecule has 0 aliphatic heterocycles. The van der Waals surface area contributed by atoms with Gasteiger partial charge in [-0.05, 0) is 67.1 Å². The van der Waals surface area contributed by atoms with Crippen LogP contribution in [0, 0.1) is 18.3 Å². The quantitative estimate of drug-likeness (QED) is 0.327. The van der Waals surface area contributed by atoms with Gasteiger partial charge in [0.25, 0.3) is 11.8 Å². The van der Waals surface area contributed by atoms with E-state index in [2.05, 4.69) is 10.6 Å². The van der Waals surface area contributed by atoms with E-state index >= 15 is 0 Å². The molecule has 2 amide bonds. The van der Waals surface area contributed by atoms with Crippen molar-refractivity contribution in [2.45, 2.75) is 6.92 Å². The Morgan fingerprint density at radius 2 is 1.61 bits per heavy atom. The Morgan fingerprint density at radius 1 is 0.970 bits per heavy atom. The smallest absolute Gasteiger partial charge is 0.266 e. The van der Waals surface area contributed by atoms with Crippen molar-refractivity contribution in [1.82, 2.24) is 0 Å². The molecule has 0 unspecified atom stereocenters. The second-order valence-electron chi connectivity index (χ2n) is 7.02. The summed E-state index contributed by atoms with van der Waals surface area (Å²) in [6.07, 6.45) is 1.42. The third-order valence-corrected chi connectivity index (χ3v) is 4.98. The van der Waals surface area contributed by atoms with E-state index in [4.69, 9.17) is 27.9 Å². The number of nitriles is 1. The van der Waals surface area contributed by atoms with Crippen LogP contribution in [0.2, 0.25) is 10.0 Å². The van der Waals surface area contributed by atoms with E-state index in [0.717, 1.165) is 5.56 Å². The second-order valence-corrected chi connectivity index (χ2v) is 7.87. The lowest BCUT2D eigenvalue weighted by atomic mass is 10.1. The van der Waals surface area contributed by atoms with Crippen LogP contribution in [0.15, 0.2) is 72.3 Å². The van der Waals surface area contributed by atoms with Crippen molar-refractivity contribution in [2.24, 2.45) is 0 Å². The number of hydrogen-bond acceptors (Lipinski definition) is 4. The summed E-state index contributed by atoms with van der Waals surface area (Å²) in [6, 6.07) is 20.6. The summed E-state index contributed by atoms with van der Waals surface area (Å²) in [5, 5.41) is 15.6. The van der Waals surface area contributed by atoms with Gasteiger partial charge in [0.05, 0.1) is 5.02 Å². The summed E-state index contributed by atoms with van der Waals surface area (Å²) in [5.74, 6) is -0.601. The lowest BCUT2D eigenvalue weighted by molar-refractivity contribution is -0.118. The Kier molecular flexibility index (Phi) is 8.09. The molecule has 0 aromatic heterocycles. The molecule has 0 bridgehead atoms. The summed E-state index contributed by atoms with van der Waals surface area (Å²) < 4.78 is 5.48. The maximum atomic E-state index is 12.4. The van der Waals surface area contributed by atoms with Crippen LogP contribution in [-0.2, 0) is 9.59 Å². The Balaban J connectivity index is 1.62. The lowest BCUT2D eigenvalue weighted by Gasteiger charge is -2.10. The van der Waals surface area contributed by atoms with E-state index in [-0.39, 0.29) is 23.1 Å². The fraction of sp³-hybridized carbons (Fsp3) is 0.0800. The average molecular weight is 480 g/mol. The topological polar surface area (TPSA) is 91.2 Å². The SMILES string of the molecule is Cc1ccc(NC(=O)/C(C#N)=C/c2ccc(OCC(=O)Nc3ccc(Cl)cc3)c(Cl)c2)cc1. The highest BCUT2D eigenvalue weighted by atomic mass is 35.5. The van der Waals surface area contributed by atoms with Crippen LogP contribution in [0.1, 0.15) is 11.1 Å². The molecular weight excluding hydrogens is 461 g/mol. The van der Waals surface area contributed by atoms with Gasteiger partial charge in [0, 0.05) is 16.4 Å². The highest BCUT2D eigenvalue weighted by Gasteiger charge is 2.11. The minimum absolute atomic E-state index is 0.0809. The van der Waals surface area contributed by atoms with Gasteiger partial charge in [-0.3, -0.25) is 9.59 Å². The minimum atomic E-state index is -0.531. The minimum Gasteiger partial charge on any atom is -0.482 e. The molecule has 0 saturated heterocycles. The molecule has 0 radical (unpaired) electrons. The van der Waals surface area contributed by atoms with Crippen LogP contribution < -0.4 is 15.4 Å². The maximum absolute atomic E-state index is 12.4. The van der Waals surface area contributed by atoms with Crippen molar-refractivity contribution in [2.75, 3.05) is 17.2 Å². The zero-order valence-electron chi connectivity index (χ0n) is 17.6. The fourth-order valence-electron chi connectivity index (χ4n) is 2.75. The molecule has 0 saturated carbocycles. The first-order chi connectivity index (χ1) is 15.8. The number of carbonyl (C=O) groups excluding carboxylic acids is 2. The standard InChI is InChI=1S/C25H19Cl2N3O3/c1-16-2-7-21(8-3-16)30-25(32)18(14-28)12-17-4-11-23(22(27)13-17)33-15-24(31)29-20-9-5-19(26)6-10-20/h2-13H,15H2,1H3,(H,29,31)(H,30,32)/b18-12+. The van der Waals surface area contributed by atoms with E-state index in [1.165, 1.54) is 6.08 Å². The molecule has 166 valence electrons. The van der Waals surface area contributed by atoms with Gasteiger partial charge in [0.1, 0.15) is 17.4 Å². The van der Waals surface area contributed by atoms with Gasteiger partial charge >= 0.3 is 0 Å². The maximum Gasteiger partial charge on any atom is 0.266 e. The number of benzene rings is 3. The van der Waals surface area contributed by atoms with E-state index < -0.39 is 5.91 Å². The Hall–Kier alpha value is -3.79. The van der Waals surface area contributed by atoms with Crippen molar-refractivity contribution >= 4 is 52.5 Å². The molecule has 33 heavy (non-hydrogen) atoms. The summed E-state index contributed by atoms with van der Waals surface area (Å²) in [4.78, 5) is 24.5. The van der Waals surface area contributed by atoms with Gasteiger partial charge in [-0.25, -0.2) is 0 Å². The normalized spacial score (nSPS) is 10.8. The molecular formula is C25H19Cl2N3O3. The highest BCUT2D eigenvalue weighted by Crippen LogP contribution is 2.26. The van der Waals surface area contributed by atoms with Crippen LogP contribution in [0.25, 0.3) is 6.08 Å². The van der Waals surface area contributed by atoms with Crippen molar-refractivity contribution in [3.63, 3.8) is 0 Å². The van der Waals surface area contributed by atoms with Crippen LogP contribution in [-0.4, -0.2) is 18.4 Å². The molecule has 3 aromatic carbocycles. The summed E-state index contributed by atoms with van der Waals surface area (Å²) >= 11 is 12.1. The van der Waals surface area contributed by atoms with E-state index in [1.54, 1.807) is 54.6 Å². The summed E-state index contributed by atoms with van der Waals surface area (Å²) in [6.45, 7) is 1.69. The molecule has 8 heteroatoms. The monoisotopic (exact) mass is 479 g/mol. The lowest BCUT2D eigenvalue weighted by Crippen LogP contribution is -2.20. The number of nitrogens with one attached hydrogen (secondary N) is 2. The zero-order chi connectivity index (χ0) is 23.8. The molecule has 0 aliphatic carbocycles. The number of halogens is 2. The Morgan fingerprint density at radius 3 is 2.24 bits per heavy atom. The largest absolute Gasteiger partial charge is 0.482 e. The van der Waals surface area contributed by atoms with Crippen LogP contribution >= 0.6 is 23.2 Å². The molecule has 0 aliphatic rings.